The highest BCUT2D eigenvalue weighted by Crippen LogP contribution is 2.18. The lowest BCUT2D eigenvalue weighted by atomic mass is 10.1. The summed E-state index contributed by atoms with van der Waals surface area (Å²) in [5, 5.41) is 2.92. The molecule has 0 unspecified atom stereocenters. The quantitative estimate of drug-likeness (QED) is 0.560. The van der Waals surface area contributed by atoms with Gasteiger partial charge in [0.1, 0.15) is 6.04 Å². The van der Waals surface area contributed by atoms with Gasteiger partial charge in [-0.15, -0.1) is 0 Å². The van der Waals surface area contributed by atoms with Crippen LogP contribution in [-0.2, 0) is 16.1 Å². The molecule has 0 bridgehead atoms. The average Bonchev–Trinajstić information content (AvgIpc) is 2.74. The number of hydrogen-bond donors (Lipinski definition) is 1. The highest BCUT2D eigenvalue weighted by molar-refractivity contribution is 5.88. The van der Waals surface area contributed by atoms with E-state index >= 15 is 0 Å². The number of halogens is 1. The van der Waals surface area contributed by atoms with Crippen molar-refractivity contribution in [1.82, 2.24) is 10.2 Å². The number of benzene rings is 2. The summed E-state index contributed by atoms with van der Waals surface area (Å²) in [6, 6.07) is 13.1. The Bertz CT molecular complexity index is 841. The fraction of sp³-hybridized carbons (Fsp3) is 0.417. The summed E-state index contributed by atoms with van der Waals surface area (Å²) in [6.45, 7) is 6.41. The zero-order valence-electron chi connectivity index (χ0n) is 18.0. The molecule has 0 heterocycles. The third-order valence-corrected chi connectivity index (χ3v) is 5.01. The normalized spacial score (nSPS) is 11.6. The Labute approximate surface area is 178 Å². The highest BCUT2D eigenvalue weighted by atomic mass is 19.1. The second kappa shape index (κ2) is 12.0. The summed E-state index contributed by atoms with van der Waals surface area (Å²) in [4.78, 5) is 27.4. The summed E-state index contributed by atoms with van der Waals surface area (Å²) in [7, 11) is 0. The van der Waals surface area contributed by atoms with Crippen LogP contribution in [0.25, 0.3) is 0 Å². The van der Waals surface area contributed by atoms with E-state index in [0.29, 0.717) is 13.0 Å². The van der Waals surface area contributed by atoms with Crippen molar-refractivity contribution < 1.29 is 18.7 Å². The number of carbonyl (C=O) groups excluding carboxylic acids is 2. The van der Waals surface area contributed by atoms with Crippen LogP contribution >= 0.6 is 0 Å². The first-order valence-corrected chi connectivity index (χ1v) is 10.5. The molecule has 2 amide bonds. The first-order valence-electron chi connectivity index (χ1n) is 10.5. The van der Waals surface area contributed by atoms with Gasteiger partial charge in [0.05, 0.1) is 0 Å². The van der Waals surface area contributed by atoms with Crippen LogP contribution in [0.2, 0.25) is 0 Å². The molecule has 0 spiro atoms. The molecule has 0 saturated carbocycles. The summed E-state index contributed by atoms with van der Waals surface area (Å²) in [5.41, 5.74) is 1.99. The number of para-hydroxylation sites is 1. The molecule has 0 aliphatic carbocycles. The molecule has 0 radical (unpaired) electrons. The Kier molecular flexibility index (Phi) is 9.32. The molecule has 2 rings (SSSR count). The summed E-state index contributed by atoms with van der Waals surface area (Å²) >= 11 is 0. The third kappa shape index (κ3) is 6.58. The molecule has 0 fully saturated rings. The average molecular weight is 415 g/mol. The van der Waals surface area contributed by atoms with Gasteiger partial charge in [0, 0.05) is 13.1 Å². The Morgan fingerprint density at radius 3 is 2.47 bits per heavy atom. The van der Waals surface area contributed by atoms with Gasteiger partial charge >= 0.3 is 0 Å². The van der Waals surface area contributed by atoms with Crippen molar-refractivity contribution in [3.63, 3.8) is 0 Å². The minimum Gasteiger partial charge on any atom is -0.481 e. The van der Waals surface area contributed by atoms with Crippen LogP contribution in [0.15, 0.2) is 48.5 Å². The zero-order chi connectivity index (χ0) is 21.9. The number of unbranched alkanes of at least 4 members (excludes halogenated alkanes) is 1. The fourth-order valence-corrected chi connectivity index (χ4v) is 3.18. The van der Waals surface area contributed by atoms with E-state index in [4.69, 9.17) is 4.74 Å². The number of nitrogens with one attached hydrogen (secondary N) is 1. The van der Waals surface area contributed by atoms with Crippen molar-refractivity contribution in [2.24, 2.45) is 0 Å². The summed E-state index contributed by atoms with van der Waals surface area (Å²) in [6.07, 6.45) is 2.32. The standard InChI is InChI=1S/C24H31FN2O3/c1-4-6-15-26-24(29)21(5-2)27(16-19-12-8-7-11-18(19)3)23(28)17-30-22-14-10-9-13-20(22)25/h7-14,21H,4-6,15-17H2,1-3H3,(H,26,29)/t21-/m1/s1. The minimum atomic E-state index is -0.627. The van der Waals surface area contributed by atoms with Gasteiger partial charge in [-0.1, -0.05) is 56.7 Å². The summed E-state index contributed by atoms with van der Waals surface area (Å²) < 4.78 is 19.3. The first-order chi connectivity index (χ1) is 14.5. The highest BCUT2D eigenvalue weighted by Gasteiger charge is 2.29. The maximum atomic E-state index is 13.9. The SMILES string of the molecule is CCCCNC(=O)[C@@H](CC)N(Cc1ccccc1C)C(=O)COc1ccccc1F. The van der Waals surface area contributed by atoms with E-state index in [2.05, 4.69) is 12.2 Å². The van der Waals surface area contributed by atoms with E-state index in [1.165, 1.54) is 17.0 Å². The maximum absolute atomic E-state index is 13.9. The van der Waals surface area contributed by atoms with E-state index in [-0.39, 0.29) is 30.7 Å². The van der Waals surface area contributed by atoms with E-state index in [1.807, 2.05) is 38.1 Å². The molecule has 162 valence electrons. The molecule has 1 N–H and O–H groups in total. The predicted octanol–water partition coefficient (Wildman–Crippen LogP) is 4.24. The smallest absolute Gasteiger partial charge is 0.261 e. The minimum absolute atomic E-state index is 0.0159. The van der Waals surface area contributed by atoms with Crippen LogP contribution in [0.4, 0.5) is 4.39 Å². The van der Waals surface area contributed by atoms with Crippen molar-refractivity contribution in [3.05, 3.63) is 65.5 Å². The van der Waals surface area contributed by atoms with Gasteiger partial charge in [-0.25, -0.2) is 4.39 Å². The lowest BCUT2D eigenvalue weighted by Gasteiger charge is -2.31. The Morgan fingerprint density at radius 1 is 1.10 bits per heavy atom. The van der Waals surface area contributed by atoms with Gasteiger partial charge in [0.2, 0.25) is 5.91 Å². The number of hydrogen-bond acceptors (Lipinski definition) is 3. The Balaban J connectivity index is 2.20. The van der Waals surface area contributed by atoms with Crippen LogP contribution in [0, 0.1) is 12.7 Å². The van der Waals surface area contributed by atoms with Crippen LogP contribution in [0.3, 0.4) is 0 Å². The van der Waals surface area contributed by atoms with Crippen LogP contribution in [0.1, 0.15) is 44.2 Å². The van der Waals surface area contributed by atoms with Crippen molar-refractivity contribution in [2.75, 3.05) is 13.2 Å². The van der Waals surface area contributed by atoms with Crippen molar-refractivity contribution in [3.8, 4) is 5.75 Å². The van der Waals surface area contributed by atoms with E-state index in [0.717, 1.165) is 24.0 Å². The number of ether oxygens (including phenoxy) is 1. The lowest BCUT2D eigenvalue weighted by molar-refractivity contribution is -0.143. The lowest BCUT2D eigenvalue weighted by Crippen LogP contribution is -2.50. The Morgan fingerprint density at radius 2 is 1.80 bits per heavy atom. The molecule has 1 atom stereocenters. The molecular formula is C24H31FN2O3. The number of aryl methyl sites for hydroxylation is 1. The topological polar surface area (TPSA) is 58.6 Å². The number of nitrogens with zero attached hydrogens (tertiary/aromatic N) is 1. The largest absolute Gasteiger partial charge is 0.481 e. The van der Waals surface area contributed by atoms with E-state index in [9.17, 15) is 14.0 Å². The van der Waals surface area contributed by atoms with Crippen LogP contribution < -0.4 is 10.1 Å². The van der Waals surface area contributed by atoms with Crippen molar-refractivity contribution in [2.45, 2.75) is 52.6 Å². The molecule has 2 aromatic carbocycles. The second-order valence-electron chi connectivity index (χ2n) is 7.24. The van der Waals surface area contributed by atoms with Gasteiger partial charge in [0.15, 0.2) is 18.2 Å². The van der Waals surface area contributed by atoms with Crippen LogP contribution in [0.5, 0.6) is 5.75 Å². The molecule has 0 aromatic heterocycles. The third-order valence-electron chi connectivity index (χ3n) is 5.01. The molecule has 5 nitrogen and oxygen atoms in total. The summed E-state index contributed by atoms with van der Waals surface area (Å²) in [5.74, 6) is -1.06. The number of amides is 2. The van der Waals surface area contributed by atoms with Gasteiger partial charge in [-0.2, -0.15) is 0 Å². The zero-order valence-corrected chi connectivity index (χ0v) is 18.0. The Hall–Kier alpha value is -2.89. The number of carbonyl (C=O) groups is 2. The molecule has 2 aromatic rings. The molecule has 6 heteroatoms. The molecular weight excluding hydrogens is 383 g/mol. The predicted molar refractivity (Wildman–Crippen MR) is 116 cm³/mol. The monoisotopic (exact) mass is 414 g/mol. The number of rotatable bonds is 11. The van der Waals surface area contributed by atoms with Crippen molar-refractivity contribution >= 4 is 11.8 Å². The molecule has 0 aliphatic rings. The molecule has 0 saturated heterocycles. The second-order valence-corrected chi connectivity index (χ2v) is 7.24. The van der Waals surface area contributed by atoms with Gasteiger partial charge in [-0.05, 0) is 43.0 Å². The van der Waals surface area contributed by atoms with E-state index in [1.54, 1.807) is 12.1 Å². The maximum Gasteiger partial charge on any atom is 0.261 e. The van der Waals surface area contributed by atoms with Gasteiger partial charge in [0.25, 0.3) is 5.91 Å². The van der Waals surface area contributed by atoms with Gasteiger partial charge < -0.3 is 15.0 Å². The molecule has 30 heavy (non-hydrogen) atoms. The molecule has 0 aliphatic heterocycles. The fourth-order valence-electron chi connectivity index (χ4n) is 3.18. The van der Waals surface area contributed by atoms with Crippen LogP contribution in [-0.4, -0.2) is 35.9 Å². The van der Waals surface area contributed by atoms with Gasteiger partial charge in [-0.3, -0.25) is 9.59 Å². The van der Waals surface area contributed by atoms with E-state index < -0.39 is 11.9 Å². The first kappa shape index (κ1) is 23.4. The van der Waals surface area contributed by atoms with Crippen molar-refractivity contribution in [1.29, 1.82) is 0 Å².